The SMILES string of the molecule is CC(C)C[C@H](NCc1ccccc1N)C(=O)N[C@@H](CC(C)C)C(=O)N[C@@H](CCC(N)=O)C(=O)N[C@@H](C)C(=O)N[C@@H](Cc1ccc(O)c([N+](=O)[O-])c1)C(=O)N[C@@H](CCC(=O)O)C(N)=O. The van der Waals surface area contributed by atoms with Crippen molar-refractivity contribution in [2.45, 2.75) is 122 Å². The molecule has 0 heterocycles. The predicted octanol–water partition coefficient (Wildman–Crippen LogP) is -0.265. The van der Waals surface area contributed by atoms with Gasteiger partial charge in [-0.25, -0.2) is 0 Å². The number of aromatic hydroxyl groups is 1. The highest BCUT2D eigenvalue weighted by atomic mass is 16.6. The summed E-state index contributed by atoms with van der Waals surface area (Å²) in [6.45, 7) is 9.02. The Hall–Kier alpha value is -6.84. The van der Waals surface area contributed by atoms with E-state index in [0.717, 1.165) is 17.7 Å². The number of phenolic OH excluding ortho intramolecular Hbond substituents is 1. The Morgan fingerprint density at radius 2 is 1.21 bits per heavy atom. The third-order valence-corrected chi connectivity index (χ3v) is 9.64. The van der Waals surface area contributed by atoms with E-state index in [9.17, 15) is 53.6 Å². The molecule has 0 fully saturated rings. The molecule has 0 spiro atoms. The van der Waals surface area contributed by atoms with Gasteiger partial charge in [-0.1, -0.05) is 52.0 Å². The van der Waals surface area contributed by atoms with E-state index in [1.165, 1.54) is 13.0 Å². The molecule has 7 amide bonds. The van der Waals surface area contributed by atoms with Crippen molar-refractivity contribution in [1.82, 2.24) is 31.9 Å². The Kier molecular flexibility index (Phi) is 20.9. The summed E-state index contributed by atoms with van der Waals surface area (Å²) in [5, 5.41) is 46.1. The minimum atomic E-state index is -1.61. The number of primary amides is 2. The summed E-state index contributed by atoms with van der Waals surface area (Å²) >= 11 is 0. The minimum Gasteiger partial charge on any atom is -0.502 e. The van der Waals surface area contributed by atoms with E-state index in [-0.39, 0.29) is 43.2 Å². The monoisotopic (exact) mass is 884 g/mol. The van der Waals surface area contributed by atoms with Gasteiger partial charge in [0.15, 0.2) is 5.75 Å². The zero-order chi connectivity index (χ0) is 47.6. The van der Waals surface area contributed by atoms with Crippen LogP contribution in [0.1, 0.15) is 84.3 Å². The molecule has 0 aromatic heterocycles. The predicted molar refractivity (Wildman–Crippen MR) is 229 cm³/mol. The second-order valence-corrected chi connectivity index (χ2v) is 16.0. The summed E-state index contributed by atoms with van der Waals surface area (Å²) < 4.78 is 0. The van der Waals surface area contributed by atoms with Gasteiger partial charge < -0.3 is 59.3 Å². The number of para-hydroxylation sites is 1. The number of amides is 7. The Bertz CT molecular complexity index is 1980. The number of hydrogen-bond acceptors (Lipinski definition) is 13. The lowest BCUT2D eigenvalue weighted by atomic mass is 9.99. The quantitative estimate of drug-likeness (QED) is 0.0313. The van der Waals surface area contributed by atoms with Crippen molar-refractivity contribution < 1.29 is 53.5 Å². The van der Waals surface area contributed by atoms with Crippen molar-refractivity contribution in [3.8, 4) is 5.75 Å². The van der Waals surface area contributed by atoms with Crippen LogP contribution in [-0.2, 0) is 51.3 Å². The summed E-state index contributed by atoms with van der Waals surface area (Å²) in [6, 6.07) is 2.43. The second kappa shape index (κ2) is 25.2. The standard InChI is InChI=1S/C41H60N10O12/c1-21(2)16-29(45-20-25-8-6-7-9-26(25)42)39(59)50-30(17-22(3)4)40(60)48-28(11-14-34(43)53)38(58)46-23(5)37(57)49-31(18-24-10-13-33(52)32(19-24)51(62)63)41(61)47-27(36(44)56)12-15-35(54)55/h6-10,13,19,21-23,27-31,45,52H,11-12,14-18,20,42H2,1-5H3,(H2,43,53)(H2,44,56)(H,46,58)(H,47,61)(H,48,60)(H,49,57)(H,50,59)(H,54,55)/t23-,27-,28-,29-,30-,31-/m0/s1. The second-order valence-electron chi connectivity index (χ2n) is 16.0. The average Bonchev–Trinajstić information content (AvgIpc) is 3.19. The van der Waals surface area contributed by atoms with Gasteiger partial charge in [-0.05, 0) is 67.7 Å². The number of phenols is 1. The summed E-state index contributed by atoms with van der Waals surface area (Å²) in [4.78, 5) is 114. The van der Waals surface area contributed by atoms with Crippen molar-refractivity contribution in [2.24, 2.45) is 23.3 Å². The molecular weight excluding hydrogens is 825 g/mol. The van der Waals surface area contributed by atoms with Crippen LogP contribution in [0.5, 0.6) is 5.75 Å². The molecule has 0 aliphatic carbocycles. The fraction of sp³-hybridized carbons (Fsp3) is 0.512. The van der Waals surface area contributed by atoms with Crippen molar-refractivity contribution in [3.05, 3.63) is 63.7 Å². The number of nitro groups is 1. The van der Waals surface area contributed by atoms with Gasteiger partial charge in [0.1, 0.15) is 30.2 Å². The molecule has 22 nitrogen and oxygen atoms in total. The number of benzene rings is 2. The molecule has 2 aromatic carbocycles. The molecule has 63 heavy (non-hydrogen) atoms. The van der Waals surface area contributed by atoms with Crippen LogP contribution >= 0.6 is 0 Å². The number of anilines is 1. The number of nitro benzene ring substituents is 1. The Labute approximate surface area is 364 Å². The highest BCUT2D eigenvalue weighted by Gasteiger charge is 2.33. The molecule has 0 unspecified atom stereocenters. The van der Waals surface area contributed by atoms with E-state index in [2.05, 4.69) is 31.9 Å². The molecular formula is C41H60N10O12. The maximum atomic E-state index is 13.9. The van der Waals surface area contributed by atoms with Crippen LogP contribution in [0.4, 0.5) is 11.4 Å². The third-order valence-electron chi connectivity index (χ3n) is 9.64. The maximum Gasteiger partial charge on any atom is 0.310 e. The number of nitrogens with one attached hydrogen (secondary N) is 6. The number of rotatable bonds is 27. The average molecular weight is 885 g/mol. The van der Waals surface area contributed by atoms with Crippen molar-refractivity contribution in [3.63, 3.8) is 0 Å². The lowest BCUT2D eigenvalue weighted by Crippen LogP contribution is -2.59. The highest BCUT2D eigenvalue weighted by Crippen LogP contribution is 2.27. The lowest BCUT2D eigenvalue weighted by molar-refractivity contribution is -0.385. The number of carbonyl (C=O) groups is 8. The summed E-state index contributed by atoms with van der Waals surface area (Å²) in [5.74, 6) is -8.13. The molecule has 0 aliphatic heterocycles. The van der Waals surface area contributed by atoms with Crippen LogP contribution in [0.25, 0.3) is 0 Å². The first-order chi connectivity index (χ1) is 29.5. The number of carbonyl (C=O) groups excluding carboxylic acids is 7. The zero-order valence-electron chi connectivity index (χ0n) is 36.0. The maximum absolute atomic E-state index is 13.9. The molecule has 346 valence electrons. The molecule has 0 saturated heterocycles. The van der Waals surface area contributed by atoms with Gasteiger partial charge in [-0.3, -0.25) is 48.5 Å². The van der Waals surface area contributed by atoms with Gasteiger partial charge in [0.2, 0.25) is 41.4 Å². The molecule has 0 radical (unpaired) electrons. The van der Waals surface area contributed by atoms with Crippen molar-refractivity contribution >= 4 is 58.7 Å². The first kappa shape index (κ1) is 52.3. The van der Waals surface area contributed by atoms with Gasteiger partial charge >= 0.3 is 11.7 Å². The normalized spacial score (nSPS) is 14.0. The Balaban J connectivity index is 2.33. The van der Waals surface area contributed by atoms with Crippen LogP contribution in [0.15, 0.2) is 42.5 Å². The van der Waals surface area contributed by atoms with Crippen LogP contribution in [0.3, 0.4) is 0 Å². The Morgan fingerprint density at radius 3 is 1.78 bits per heavy atom. The minimum absolute atomic E-state index is 0.0715. The zero-order valence-corrected chi connectivity index (χ0v) is 36.0. The molecule has 2 rings (SSSR count). The smallest absolute Gasteiger partial charge is 0.310 e. The molecule has 0 bridgehead atoms. The third kappa shape index (κ3) is 18.4. The van der Waals surface area contributed by atoms with Crippen LogP contribution < -0.4 is 49.1 Å². The van der Waals surface area contributed by atoms with Gasteiger partial charge in [-0.15, -0.1) is 0 Å². The van der Waals surface area contributed by atoms with E-state index in [4.69, 9.17) is 22.3 Å². The van der Waals surface area contributed by atoms with Crippen LogP contribution in [0, 0.1) is 22.0 Å². The van der Waals surface area contributed by atoms with Crippen molar-refractivity contribution in [2.75, 3.05) is 5.73 Å². The molecule has 22 heteroatoms. The van der Waals surface area contributed by atoms with E-state index >= 15 is 0 Å². The molecule has 14 N–H and O–H groups in total. The van der Waals surface area contributed by atoms with Crippen LogP contribution in [-0.4, -0.2) is 98.7 Å². The first-order valence-corrected chi connectivity index (χ1v) is 20.3. The Morgan fingerprint density at radius 1 is 0.683 bits per heavy atom. The number of nitrogens with zero attached hydrogens (tertiary/aromatic N) is 1. The van der Waals surface area contributed by atoms with E-state index < -0.39 is 119 Å². The van der Waals surface area contributed by atoms with Gasteiger partial charge in [0.25, 0.3) is 0 Å². The molecule has 0 saturated carbocycles. The summed E-state index contributed by atoms with van der Waals surface area (Å²) in [6.07, 6.45) is -1.54. The van der Waals surface area contributed by atoms with E-state index in [1.54, 1.807) is 12.1 Å². The number of nitrogens with two attached hydrogens (primary N) is 3. The lowest BCUT2D eigenvalue weighted by Gasteiger charge is -2.27. The first-order valence-electron chi connectivity index (χ1n) is 20.3. The topological polar surface area (TPSA) is 370 Å². The largest absolute Gasteiger partial charge is 0.502 e. The fourth-order valence-electron chi connectivity index (χ4n) is 6.27. The fourth-order valence-corrected chi connectivity index (χ4v) is 6.27. The van der Waals surface area contributed by atoms with Gasteiger partial charge in [0, 0.05) is 37.6 Å². The van der Waals surface area contributed by atoms with Gasteiger partial charge in [0.05, 0.1) is 11.0 Å². The molecule has 6 atom stereocenters. The summed E-state index contributed by atoms with van der Waals surface area (Å²) in [7, 11) is 0. The molecule has 0 aliphatic rings. The highest BCUT2D eigenvalue weighted by molar-refractivity contribution is 5.96. The number of hydrogen-bond donors (Lipinski definition) is 11. The molecule has 2 aromatic rings. The number of carboxylic acid groups (broad SMARTS) is 1. The van der Waals surface area contributed by atoms with E-state index in [1.807, 2.05) is 39.8 Å². The number of aliphatic carboxylic acids is 1. The number of carboxylic acids is 1. The van der Waals surface area contributed by atoms with Crippen molar-refractivity contribution in [1.29, 1.82) is 0 Å². The summed E-state index contributed by atoms with van der Waals surface area (Å²) in [5.41, 5.74) is 17.5. The number of nitrogen functional groups attached to an aromatic ring is 1. The van der Waals surface area contributed by atoms with E-state index in [0.29, 0.717) is 12.1 Å². The van der Waals surface area contributed by atoms with Crippen LogP contribution in [0.2, 0.25) is 0 Å². The van der Waals surface area contributed by atoms with Gasteiger partial charge in [-0.2, -0.15) is 0 Å².